The van der Waals surface area contributed by atoms with Crippen molar-refractivity contribution in [2.75, 3.05) is 13.6 Å². The number of H-pyrrole nitrogens is 1. The summed E-state index contributed by atoms with van der Waals surface area (Å²) in [7, 11) is 1.90. The summed E-state index contributed by atoms with van der Waals surface area (Å²) in [6, 6.07) is 16.1. The number of hydrogen-bond donors (Lipinski definition) is 3. The Balaban J connectivity index is 1.56. The molecular formula is C22H21BrN4OS. The van der Waals surface area contributed by atoms with Gasteiger partial charge in [0.15, 0.2) is 0 Å². The van der Waals surface area contributed by atoms with Crippen LogP contribution in [0.3, 0.4) is 0 Å². The Morgan fingerprint density at radius 3 is 2.86 bits per heavy atom. The summed E-state index contributed by atoms with van der Waals surface area (Å²) in [6.07, 6.45) is 4.44. The van der Waals surface area contributed by atoms with Gasteiger partial charge in [0, 0.05) is 40.4 Å². The number of benzene rings is 1. The molecule has 0 unspecified atom stereocenters. The van der Waals surface area contributed by atoms with Crippen LogP contribution in [-0.4, -0.2) is 35.5 Å². The van der Waals surface area contributed by atoms with Gasteiger partial charge in [-0.1, -0.05) is 30.3 Å². The molecule has 0 saturated carbocycles. The number of halogens is 1. The minimum atomic E-state index is -0.0579. The lowest BCUT2D eigenvalue weighted by Crippen LogP contribution is -2.42. The molecule has 4 aromatic rings. The number of nitrogens with one attached hydrogen (secondary N) is 3. The van der Waals surface area contributed by atoms with Crippen LogP contribution in [0.25, 0.3) is 21.5 Å². The Kier molecular flexibility index (Phi) is 6.08. The fourth-order valence-electron chi connectivity index (χ4n) is 3.40. The second-order valence-electron chi connectivity index (χ2n) is 6.80. The van der Waals surface area contributed by atoms with E-state index in [-0.39, 0.29) is 11.9 Å². The summed E-state index contributed by atoms with van der Waals surface area (Å²) in [5, 5.41) is 7.39. The predicted octanol–water partition coefficient (Wildman–Crippen LogP) is 4.61. The highest BCUT2D eigenvalue weighted by Gasteiger charge is 2.19. The topological polar surface area (TPSA) is 69.8 Å². The number of pyridine rings is 1. The zero-order valence-electron chi connectivity index (χ0n) is 15.9. The molecule has 0 aliphatic carbocycles. The first-order valence-electron chi connectivity index (χ1n) is 9.37. The van der Waals surface area contributed by atoms with Crippen LogP contribution in [0.4, 0.5) is 0 Å². The van der Waals surface area contributed by atoms with Gasteiger partial charge in [0.2, 0.25) is 0 Å². The van der Waals surface area contributed by atoms with Gasteiger partial charge in [0.05, 0.1) is 9.75 Å². The molecule has 1 amide bonds. The van der Waals surface area contributed by atoms with Crippen LogP contribution < -0.4 is 10.6 Å². The van der Waals surface area contributed by atoms with Gasteiger partial charge in [-0.05, 0) is 53.2 Å². The zero-order chi connectivity index (χ0) is 20.2. The number of amides is 1. The average Bonchev–Trinajstić information content (AvgIpc) is 3.35. The molecular weight excluding hydrogens is 448 g/mol. The highest BCUT2D eigenvalue weighted by molar-refractivity contribution is 9.10. The summed E-state index contributed by atoms with van der Waals surface area (Å²) < 4.78 is 0.912. The first-order chi connectivity index (χ1) is 14.2. The van der Waals surface area contributed by atoms with E-state index >= 15 is 0 Å². The Labute approximate surface area is 181 Å². The molecule has 1 atom stereocenters. The van der Waals surface area contributed by atoms with Gasteiger partial charge < -0.3 is 15.6 Å². The molecule has 4 rings (SSSR count). The molecule has 3 heterocycles. The molecule has 5 nitrogen and oxygen atoms in total. The number of fused-ring (bicyclic) bond motifs is 1. The summed E-state index contributed by atoms with van der Waals surface area (Å²) in [5.41, 5.74) is 3.10. The van der Waals surface area contributed by atoms with Gasteiger partial charge >= 0.3 is 0 Å². The first-order valence-corrected chi connectivity index (χ1v) is 11.0. The third-order valence-electron chi connectivity index (χ3n) is 4.73. The second kappa shape index (κ2) is 8.90. The van der Waals surface area contributed by atoms with Gasteiger partial charge in [0.25, 0.3) is 5.91 Å². The van der Waals surface area contributed by atoms with Crippen LogP contribution in [0.2, 0.25) is 0 Å². The minimum Gasteiger partial charge on any atom is -0.347 e. The molecule has 0 saturated heterocycles. The maximum absolute atomic E-state index is 13.0. The van der Waals surface area contributed by atoms with Crippen molar-refractivity contribution in [3.8, 4) is 10.4 Å². The number of nitrogens with zero attached hydrogens (tertiary/aromatic N) is 1. The van der Waals surface area contributed by atoms with E-state index in [1.807, 2.05) is 49.6 Å². The molecule has 148 valence electrons. The Morgan fingerprint density at radius 2 is 2.07 bits per heavy atom. The van der Waals surface area contributed by atoms with Crippen molar-refractivity contribution in [1.82, 2.24) is 20.6 Å². The maximum Gasteiger partial charge on any atom is 0.261 e. The lowest BCUT2D eigenvalue weighted by atomic mass is 10.1. The van der Waals surface area contributed by atoms with Crippen molar-refractivity contribution in [2.24, 2.45) is 0 Å². The molecule has 29 heavy (non-hydrogen) atoms. The van der Waals surface area contributed by atoms with E-state index in [1.54, 1.807) is 6.20 Å². The van der Waals surface area contributed by atoms with Crippen LogP contribution in [-0.2, 0) is 6.42 Å². The van der Waals surface area contributed by atoms with E-state index in [2.05, 4.69) is 48.7 Å². The third kappa shape index (κ3) is 4.42. The summed E-state index contributed by atoms with van der Waals surface area (Å²) in [5.74, 6) is -0.0579. The highest BCUT2D eigenvalue weighted by Crippen LogP contribution is 2.39. The van der Waals surface area contributed by atoms with Crippen LogP contribution in [0.15, 0.2) is 65.4 Å². The molecule has 3 aromatic heterocycles. The lowest BCUT2D eigenvalue weighted by molar-refractivity contribution is 0.0941. The second-order valence-corrected chi connectivity index (χ2v) is 8.71. The number of aromatic nitrogens is 2. The Bertz CT molecular complexity index is 1120. The minimum absolute atomic E-state index is 0.0107. The number of likely N-dealkylation sites (N-methyl/N-ethyl adjacent to an activating group) is 1. The van der Waals surface area contributed by atoms with Crippen LogP contribution >= 0.6 is 27.3 Å². The van der Waals surface area contributed by atoms with Gasteiger partial charge in [-0.2, -0.15) is 0 Å². The smallest absolute Gasteiger partial charge is 0.261 e. The molecule has 1 aromatic carbocycles. The fraction of sp³-hybridized carbons (Fsp3) is 0.182. The average molecular weight is 469 g/mol. The van der Waals surface area contributed by atoms with E-state index in [4.69, 9.17) is 0 Å². The molecule has 0 aliphatic heterocycles. The monoisotopic (exact) mass is 468 g/mol. The number of rotatable bonds is 7. The van der Waals surface area contributed by atoms with Crippen molar-refractivity contribution in [1.29, 1.82) is 0 Å². The number of aromatic amines is 1. The number of thiophene rings is 1. The number of carbonyl (C=O) groups excluding carboxylic acids is 1. The predicted molar refractivity (Wildman–Crippen MR) is 122 cm³/mol. The van der Waals surface area contributed by atoms with Crippen LogP contribution in [0.5, 0.6) is 0 Å². The third-order valence-corrected chi connectivity index (χ3v) is 6.78. The summed E-state index contributed by atoms with van der Waals surface area (Å²) in [6.45, 7) is 0.703. The van der Waals surface area contributed by atoms with Gasteiger partial charge in [0.1, 0.15) is 5.65 Å². The van der Waals surface area contributed by atoms with Gasteiger partial charge in [-0.25, -0.2) is 4.98 Å². The molecule has 0 aliphatic rings. The molecule has 0 fully saturated rings. The lowest BCUT2D eigenvalue weighted by Gasteiger charge is -2.18. The summed E-state index contributed by atoms with van der Waals surface area (Å²) >= 11 is 5.12. The molecule has 0 spiro atoms. The van der Waals surface area contributed by atoms with Gasteiger partial charge in [-0.15, -0.1) is 11.3 Å². The van der Waals surface area contributed by atoms with Crippen molar-refractivity contribution in [2.45, 2.75) is 12.5 Å². The summed E-state index contributed by atoms with van der Waals surface area (Å²) in [4.78, 5) is 22.1. The van der Waals surface area contributed by atoms with Gasteiger partial charge in [-0.3, -0.25) is 4.79 Å². The zero-order valence-corrected chi connectivity index (χ0v) is 18.3. The van der Waals surface area contributed by atoms with Crippen molar-refractivity contribution in [3.05, 3.63) is 75.8 Å². The first kappa shape index (κ1) is 19.8. The normalized spacial score (nSPS) is 12.2. The largest absolute Gasteiger partial charge is 0.347 e. The Hall–Kier alpha value is -2.48. The number of carbonyl (C=O) groups is 1. The molecule has 0 radical (unpaired) electrons. The van der Waals surface area contributed by atoms with E-state index < -0.39 is 0 Å². The van der Waals surface area contributed by atoms with E-state index in [0.717, 1.165) is 32.4 Å². The SMILES string of the molecule is CNC[C@H](Cc1ccccc1)NC(=O)c1cc(Br)c(-c2ccnc3[nH]ccc23)s1. The number of hydrogen-bond acceptors (Lipinski definition) is 4. The standard InChI is InChI=1S/C22H21BrN4OS/c1-24-13-15(11-14-5-3-2-4-6-14)27-22(28)19-12-18(23)20(29-19)16-7-9-25-21-17(16)8-10-26-21/h2-10,12,15,24H,11,13H2,1H3,(H,25,26)(H,27,28)/t15-/m0/s1. The van der Waals surface area contributed by atoms with E-state index in [0.29, 0.717) is 11.4 Å². The molecule has 7 heteroatoms. The maximum atomic E-state index is 13.0. The highest BCUT2D eigenvalue weighted by atomic mass is 79.9. The Morgan fingerprint density at radius 1 is 1.24 bits per heavy atom. The van der Waals surface area contributed by atoms with E-state index in [1.165, 1.54) is 16.9 Å². The van der Waals surface area contributed by atoms with Crippen molar-refractivity contribution in [3.63, 3.8) is 0 Å². The van der Waals surface area contributed by atoms with Crippen molar-refractivity contribution < 1.29 is 4.79 Å². The quantitative estimate of drug-likeness (QED) is 0.370. The van der Waals surface area contributed by atoms with Crippen LogP contribution in [0, 0.1) is 0 Å². The van der Waals surface area contributed by atoms with Crippen molar-refractivity contribution >= 4 is 44.2 Å². The van der Waals surface area contributed by atoms with Crippen LogP contribution in [0.1, 0.15) is 15.2 Å². The molecule has 0 bridgehead atoms. The fourth-order valence-corrected chi connectivity index (χ4v) is 5.23. The molecule has 3 N–H and O–H groups in total. The van der Waals surface area contributed by atoms with E-state index in [9.17, 15) is 4.79 Å².